The van der Waals surface area contributed by atoms with Gasteiger partial charge in [0.1, 0.15) is 10.0 Å². The molecular weight excluding hydrogens is 309 g/mol. The van der Waals surface area contributed by atoms with Crippen LogP contribution in [-0.2, 0) is 9.59 Å². The fourth-order valence-corrected chi connectivity index (χ4v) is 1.01. The van der Waals surface area contributed by atoms with E-state index in [0.29, 0.717) is 0 Å². The van der Waals surface area contributed by atoms with Crippen LogP contribution in [0.2, 0.25) is 0 Å². The van der Waals surface area contributed by atoms with E-state index in [1.165, 1.54) is 0 Å². The molecule has 0 aliphatic carbocycles. The molecule has 0 saturated heterocycles. The number of Topliss-reactive ketones (excluding diaryl/α,β-unsaturated/α-hetero) is 1. The van der Waals surface area contributed by atoms with Crippen molar-refractivity contribution in [3.63, 3.8) is 0 Å². The predicted molar refractivity (Wildman–Crippen MR) is 42.3 cm³/mol. The molecule has 0 rings (SSSR count). The third-order valence-corrected chi connectivity index (χ3v) is 1.91. The number of alkyl halides is 5. The average molecular weight is 312 g/mol. The summed E-state index contributed by atoms with van der Waals surface area (Å²) < 4.78 is 34.4. The van der Waals surface area contributed by atoms with E-state index in [4.69, 9.17) is 0 Å². The smallest absolute Gasteiger partial charge is 0.302 e. The zero-order valence-electron chi connectivity index (χ0n) is 5.44. The van der Waals surface area contributed by atoms with E-state index in [-0.39, 0.29) is 0 Å². The van der Waals surface area contributed by atoms with Gasteiger partial charge in [0.2, 0.25) is 0 Å². The minimum Gasteiger partial charge on any atom is -0.302 e. The van der Waals surface area contributed by atoms with Crippen LogP contribution in [0.1, 0.15) is 0 Å². The highest BCUT2D eigenvalue weighted by molar-refractivity contribution is 9.25. The minimum absolute atomic E-state index is 0.419. The summed E-state index contributed by atoms with van der Waals surface area (Å²) in [6.45, 7) is 0. The fraction of sp³-hybridized carbons (Fsp3) is 0.600. The Kier molecular flexibility index (Phi) is 4.39. The molecule has 1 unspecified atom stereocenters. The summed E-state index contributed by atoms with van der Waals surface area (Å²) in [6, 6.07) is 0. The maximum absolute atomic E-state index is 11.8. The molecule has 0 aliphatic rings. The van der Waals surface area contributed by atoms with Crippen molar-refractivity contribution in [1.29, 1.82) is 0 Å². The predicted octanol–water partition coefficient (Wildman–Crippen LogP) is 2.05. The maximum atomic E-state index is 11.8. The van der Waals surface area contributed by atoms with E-state index in [2.05, 4.69) is 31.9 Å². The van der Waals surface area contributed by atoms with Gasteiger partial charge < -0.3 is 4.79 Å². The van der Waals surface area contributed by atoms with E-state index in [1.807, 2.05) is 0 Å². The molecule has 1 atom stereocenters. The van der Waals surface area contributed by atoms with Crippen molar-refractivity contribution in [2.75, 3.05) is 0 Å². The summed E-state index contributed by atoms with van der Waals surface area (Å²) in [5.41, 5.74) is 0. The van der Waals surface area contributed by atoms with E-state index in [0.717, 1.165) is 0 Å². The van der Waals surface area contributed by atoms with E-state index >= 15 is 0 Å². The molecule has 0 aromatic rings. The number of carbonyl (C=O) groups excluding carboxylic acids is 2. The van der Waals surface area contributed by atoms with Gasteiger partial charge in [-0.25, -0.2) is 0 Å². The lowest BCUT2D eigenvalue weighted by Gasteiger charge is -2.13. The number of ketones is 1. The molecule has 0 fully saturated rings. The average Bonchev–Trinajstić information content (AvgIpc) is 1.85. The van der Waals surface area contributed by atoms with Gasteiger partial charge in [-0.2, -0.15) is 13.2 Å². The quantitative estimate of drug-likeness (QED) is 0.454. The molecule has 0 radical (unpaired) electrons. The Bertz CT molecular complexity index is 190. The molecule has 0 saturated carbocycles. The van der Waals surface area contributed by atoms with Crippen LogP contribution in [0.4, 0.5) is 13.2 Å². The number of rotatable bonds is 3. The van der Waals surface area contributed by atoms with Crippen molar-refractivity contribution in [1.82, 2.24) is 0 Å². The second-order valence-electron chi connectivity index (χ2n) is 1.86. The van der Waals surface area contributed by atoms with Crippen LogP contribution in [0.25, 0.3) is 0 Å². The van der Waals surface area contributed by atoms with Gasteiger partial charge in [-0.15, -0.1) is 0 Å². The first-order valence-electron chi connectivity index (χ1n) is 2.64. The Labute approximate surface area is 82.8 Å². The molecular formula is C5H3Br2F3O2. The topological polar surface area (TPSA) is 34.1 Å². The molecule has 70 valence electrons. The largest absolute Gasteiger partial charge is 0.405 e. The minimum atomic E-state index is -4.81. The molecule has 0 aliphatic heterocycles. The summed E-state index contributed by atoms with van der Waals surface area (Å²) in [5.74, 6) is -3.81. The number of aldehydes is 1. The lowest BCUT2D eigenvalue weighted by Crippen LogP contribution is -2.34. The van der Waals surface area contributed by atoms with Gasteiger partial charge >= 0.3 is 6.18 Å². The standard InChI is InChI=1S/C5H3Br2F3O2/c6-4(7)3(12)2(1-11)5(8,9)10/h1-2,4H. The summed E-state index contributed by atoms with van der Waals surface area (Å²) >= 11 is 5.16. The van der Waals surface area contributed by atoms with Gasteiger partial charge in [0.05, 0.1) is 0 Å². The van der Waals surface area contributed by atoms with Crippen molar-refractivity contribution in [3.05, 3.63) is 0 Å². The molecule has 0 aromatic carbocycles. The van der Waals surface area contributed by atoms with Crippen molar-refractivity contribution in [2.45, 2.75) is 9.91 Å². The first-order valence-corrected chi connectivity index (χ1v) is 4.47. The second-order valence-corrected chi connectivity index (χ2v) is 4.92. The number of halogens is 5. The third-order valence-electron chi connectivity index (χ3n) is 1.01. The lowest BCUT2D eigenvalue weighted by atomic mass is 10.1. The van der Waals surface area contributed by atoms with Gasteiger partial charge in [0.15, 0.2) is 11.7 Å². The summed E-state index contributed by atoms with van der Waals surface area (Å²) in [7, 11) is 0. The van der Waals surface area contributed by atoms with Gasteiger partial charge in [0.25, 0.3) is 0 Å². The van der Waals surface area contributed by atoms with Crippen molar-refractivity contribution < 1.29 is 22.8 Å². The third kappa shape index (κ3) is 3.22. The van der Waals surface area contributed by atoms with Crippen LogP contribution in [0.3, 0.4) is 0 Å². The van der Waals surface area contributed by atoms with Gasteiger partial charge in [-0.3, -0.25) is 4.79 Å². The zero-order chi connectivity index (χ0) is 9.94. The van der Waals surface area contributed by atoms with Gasteiger partial charge in [0, 0.05) is 0 Å². The first kappa shape index (κ1) is 12.1. The second kappa shape index (κ2) is 4.36. The summed E-state index contributed by atoms with van der Waals surface area (Å²) in [4.78, 5) is 20.6. The monoisotopic (exact) mass is 310 g/mol. The SMILES string of the molecule is O=CC(C(=O)C(Br)Br)C(F)(F)F. The van der Waals surface area contributed by atoms with Crippen molar-refractivity contribution >= 4 is 43.9 Å². The molecule has 0 N–H and O–H groups in total. The normalized spacial score (nSPS) is 14.5. The van der Waals surface area contributed by atoms with Crippen LogP contribution in [-0.4, -0.2) is 22.0 Å². The van der Waals surface area contributed by atoms with Crippen LogP contribution in [0.15, 0.2) is 0 Å². The van der Waals surface area contributed by atoms with Crippen molar-refractivity contribution in [3.8, 4) is 0 Å². The van der Waals surface area contributed by atoms with Gasteiger partial charge in [-0.05, 0) is 0 Å². The molecule has 7 heteroatoms. The zero-order valence-corrected chi connectivity index (χ0v) is 8.61. The van der Waals surface area contributed by atoms with E-state index < -0.39 is 27.9 Å². The molecule has 2 nitrogen and oxygen atoms in total. The Balaban J connectivity index is 4.58. The molecule has 0 spiro atoms. The molecule has 0 bridgehead atoms. The number of carbonyl (C=O) groups is 2. The highest BCUT2D eigenvalue weighted by Gasteiger charge is 2.45. The van der Waals surface area contributed by atoms with Crippen LogP contribution < -0.4 is 0 Å². The summed E-state index contributed by atoms with van der Waals surface area (Å²) in [5, 5.41) is 0. The Morgan fingerprint density at radius 3 is 1.83 bits per heavy atom. The Morgan fingerprint density at radius 2 is 1.75 bits per heavy atom. The van der Waals surface area contributed by atoms with Crippen LogP contribution >= 0.6 is 31.9 Å². The Morgan fingerprint density at radius 1 is 1.33 bits per heavy atom. The molecule has 0 aromatic heterocycles. The first-order chi connectivity index (χ1) is 5.30. The molecule has 0 amide bonds. The van der Waals surface area contributed by atoms with Crippen LogP contribution in [0.5, 0.6) is 0 Å². The fourth-order valence-electron chi connectivity index (χ4n) is 0.441. The van der Waals surface area contributed by atoms with Crippen molar-refractivity contribution in [2.24, 2.45) is 5.92 Å². The highest BCUT2D eigenvalue weighted by atomic mass is 79.9. The summed E-state index contributed by atoms with van der Waals surface area (Å²) in [6.07, 6.45) is -5.23. The van der Waals surface area contributed by atoms with Gasteiger partial charge in [-0.1, -0.05) is 31.9 Å². The van der Waals surface area contributed by atoms with Crippen LogP contribution in [0, 0.1) is 5.92 Å². The number of hydrogen-bond acceptors (Lipinski definition) is 2. The molecule has 0 heterocycles. The molecule has 12 heavy (non-hydrogen) atoms. The maximum Gasteiger partial charge on any atom is 0.405 e. The number of hydrogen-bond donors (Lipinski definition) is 0. The van der Waals surface area contributed by atoms with E-state index in [1.54, 1.807) is 0 Å². The lowest BCUT2D eigenvalue weighted by molar-refractivity contribution is -0.178. The van der Waals surface area contributed by atoms with E-state index in [9.17, 15) is 22.8 Å². The highest BCUT2D eigenvalue weighted by Crippen LogP contribution is 2.28. The Hall–Kier alpha value is 0.0900.